The smallest absolute Gasteiger partial charge is 0.246 e. The van der Waals surface area contributed by atoms with Crippen molar-refractivity contribution < 1.29 is 9.53 Å². The van der Waals surface area contributed by atoms with Gasteiger partial charge in [0.05, 0.1) is 30.9 Å². The van der Waals surface area contributed by atoms with Crippen molar-refractivity contribution in [2.24, 2.45) is 12.5 Å². The van der Waals surface area contributed by atoms with Crippen LogP contribution >= 0.6 is 0 Å². The van der Waals surface area contributed by atoms with Crippen molar-refractivity contribution in [3.05, 3.63) is 43.0 Å². The topological polar surface area (TPSA) is 86.3 Å². The lowest BCUT2D eigenvalue weighted by Crippen LogP contribution is -2.33. The van der Waals surface area contributed by atoms with Crippen LogP contribution in [0.2, 0.25) is 0 Å². The fourth-order valence-electron chi connectivity index (χ4n) is 2.89. The van der Waals surface area contributed by atoms with Gasteiger partial charge in [0.1, 0.15) is 5.52 Å². The molecule has 3 aromatic rings. The quantitative estimate of drug-likeness (QED) is 0.646. The minimum Gasteiger partial charge on any atom is -0.475 e. The number of hydrogen-bond donors (Lipinski definition) is 1. The number of nitrogens with zero attached hydrogens (tertiary/aromatic N) is 5. The molecule has 3 heterocycles. The first-order chi connectivity index (χ1) is 13.0. The van der Waals surface area contributed by atoms with Crippen molar-refractivity contribution in [1.82, 2.24) is 29.7 Å². The molecular formula is C19H22N6O2. The zero-order chi connectivity index (χ0) is 19.0. The Morgan fingerprint density at radius 1 is 1.37 bits per heavy atom. The summed E-state index contributed by atoms with van der Waals surface area (Å²) in [4.78, 5) is 16.4. The van der Waals surface area contributed by atoms with Gasteiger partial charge in [0.25, 0.3) is 0 Å². The molecule has 1 saturated carbocycles. The van der Waals surface area contributed by atoms with E-state index in [0.29, 0.717) is 24.6 Å². The van der Waals surface area contributed by atoms with E-state index in [9.17, 15) is 4.79 Å². The highest BCUT2D eigenvalue weighted by molar-refractivity contribution is 5.92. The lowest BCUT2D eigenvalue weighted by atomic mass is 10.1. The monoisotopic (exact) mass is 366 g/mol. The second-order valence-electron chi connectivity index (χ2n) is 7.25. The van der Waals surface area contributed by atoms with Crippen LogP contribution < -0.4 is 10.1 Å². The lowest BCUT2D eigenvalue weighted by molar-refractivity contribution is -0.117. The average Bonchev–Trinajstić information content (AvgIpc) is 3.03. The molecule has 4 rings (SSSR count). The molecule has 0 unspecified atom stereocenters. The van der Waals surface area contributed by atoms with Gasteiger partial charge in [0.2, 0.25) is 11.8 Å². The zero-order valence-electron chi connectivity index (χ0n) is 15.5. The Bertz CT molecular complexity index is 1010. The van der Waals surface area contributed by atoms with Crippen LogP contribution in [0.25, 0.3) is 16.8 Å². The third-order valence-corrected chi connectivity index (χ3v) is 4.84. The summed E-state index contributed by atoms with van der Waals surface area (Å²) in [5.74, 6) is 0.419. The number of aromatic nitrogens is 5. The minimum atomic E-state index is -0.115. The van der Waals surface area contributed by atoms with E-state index in [2.05, 4.69) is 27.1 Å². The molecule has 0 bridgehead atoms. The maximum Gasteiger partial charge on any atom is 0.246 e. The van der Waals surface area contributed by atoms with E-state index < -0.39 is 0 Å². The van der Waals surface area contributed by atoms with Crippen LogP contribution in [0.5, 0.6) is 5.88 Å². The first kappa shape index (κ1) is 17.3. The van der Waals surface area contributed by atoms with Gasteiger partial charge in [-0.3, -0.25) is 9.48 Å². The first-order valence-corrected chi connectivity index (χ1v) is 8.86. The fraction of sp³-hybridized carbons (Fsp3) is 0.368. The highest BCUT2D eigenvalue weighted by Gasteiger charge is 2.44. The van der Waals surface area contributed by atoms with Gasteiger partial charge in [-0.05, 0) is 25.8 Å². The minimum absolute atomic E-state index is 0.0336. The largest absolute Gasteiger partial charge is 0.475 e. The Balaban J connectivity index is 1.52. The molecule has 0 atom stereocenters. The van der Waals surface area contributed by atoms with Crippen LogP contribution in [0.4, 0.5) is 0 Å². The van der Waals surface area contributed by atoms with E-state index >= 15 is 0 Å². The van der Waals surface area contributed by atoms with E-state index in [1.165, 1.54) is 0 Å². The second kappa shape index (κ2) is 6.53. The number of carbonyl (C=O) groups is 1. The van der Waals surface area contributed by atoms with Crippen LogP contribution in [0, 0.1) is 5.41 Å². The number of fused-ring (bicyclic) bond motifs is 1. The molecule has 3 aromatic heterocycles. The van der Waals surface area contributed by atoms with Crippen molar-refractivity contribution in [1.29, 1.82) is 0 Å². The molecule has 1 aliphatic carbocycles. The molecule has 8 heteroatoms. The van der Waals surface area contributed by atoms with E-state index in [1.807, 2.05) is 25.5 Å². The molecule has 140 valence electrons. The number of nitrogens with one attached hydrogen (secondary N) is 1. The van der Waals surface area contributed by atoms with Crippen molar-refractivity contribution in [3.8, 4) is 17.1 Å². The molecule has 8 nitrogen and oxygen atoms in total. The van der Waals surface area contributed by atoms with Crippen LogP contribution in [0.15, 0.2) is 43.0 Å². The Morgan fingerprint density at radius 2 is 2.19 bits per heavy atom. The van der Waals surface area contributed by atoms with Crippen molar-refractivity contribution in [3.63, 3.8) is 0 Å². The summed E-state index contributed by atoms with van der Waals surface area (Å²) in [6, 6.07) is 1.87. The van der Waals surface area contributed by atoms with Gasteiger partial charge in [-0.1, -0.05) is 6.58 Å². The molecule has 1 fully saturated rings. The van der Waals surface area contributed by atoms with Crippen molar-refractivity contribution >= 4 is 11.4 Å². The number of hydrogen-bond acceptors (Lipinski definition) is 5. The zero-order valence-corrected chi connectivity index (χ0v) is 15.5. The highest BCUT2D eigenvalue weighted by atomic mass is 16.5. The summed E-state index contributed by atoms with van der Waals surface area (Å²) in [5.41, 5.74) is 2.93. The first-order valence-electron chi connectivity index (χ1n) is 8.86. The van der Waals surface area contributed by atoms with Crippen LogP contribution in [0.1, 0.15) is 19.8 Å². The molecule has 0 aliphatic heterocycles. The Labute approximate surface area is 156 Å². The van der Waals surface area contributed by atoms with E-state index in [0.717, 1.165) is 29.6 Å². The number of rotatable bonds is 7. The summed E-state index contributed by atoms with van der Waals surface area (Å²) < 4.78 is 9.58. The molecular weight excluding hydrogens is 344 g/mol. The fourth-order valence-corrected chi connectivity index (χ4v) is 2.89. The van der Waals surface area contributed by atoms with Crippen molar-refractivity contribution in [2.45, 2.75) is 19.8 Å². The predicted octanol–water partition coefficient (Wildman–Crippen LogP) is 1.98. The van der Waals surface area contributed by atoms with Crippen LogP contribution in [0.3, 0.4) is 0 Å². The third-order valence-electron chi connectivity index (χ3n) is 4.84. The summed E-state index contributed by atoms with van der Waals surface area (Å²) in [6.45, 7) is 6.45. The molecule has 0 saturated heterocycles. The van der Waals surface area contributed by atoms with Gasteiger partial charge in [0.15, 0.2) is 0 Å². The Morgan fingerprint density at radius 3 is 2.85 bits per heavy atom. The highest BCUT2D eigenvalue weighted by Crippen LogP contribution is 2.45. The van der Waals surface area contributed by atoms with Crippen molar-refractivity contribution in [2.75, 3.05) is 13.2 Å². The summed E-state index contributed by atoms with van der Waals surface area (Å²) in [5, 5.41) is 11.4. The SMILES string of the molecule is C=C(C)C(=O)NCC1(COc2nc(-c3cnn(C)c3)cn3nccc23)CC1. The van der Waals surface area contributed by atoms with Gasteiger partial charge in [-0.25, -0.2) is 9.50 Å². The number of ether oxygens (including phenoxy) is 1. The number of aryl methyl sites for hydroxylation is 1. The summed E-state index contributed by atoms with van der Waals surface area (Å²) in [6.07, 6.45) is 9.27. The molecule has 0 spiro atoms. The van der Waals surface area contributed by atoms with Gasteiger partial charge in [-0.15, -0.1) is 0 Å². The number of carbonyl (C=O) groups excluding carboxylic acids is 1. The van der Waals surface area contributed by atoms with E-state index in [-0.39, 0.29) is 11.3 Å². The van der Waals surface area contributed by atoms with Gasteiger partial charge in [0, 0.05) is 36.3 Å². The van der Waals surface area contributed by atoms with Gasteiger partial charge in [-0.2, -0.15) is 10.2 Å². The molecule has 27 heavy (non-hydrogen) atoms. The maximum atomic E-state index is 11.8. The van der Waals surface area contributed by atoms with E-state index in [4.69, 9.17) is 4.74 Å². The van der Waals surface area contributed by atoms with Crippen LogP contribution in [-0.2, 0) is 11.8 Å². The molecule has 1 amide bonds. The normalized spacial score (nSPS) is 14.9. The average molecular weight is 366 g/mol. The Hall–Kier alpha value is -3.16. The second-order valence-corrected chi connectivity index (χ2v) is 7.25. The standard InChI is InChI=1S/C19H22N6O2/c1-13(2)17(26)20-11-19(5-6-19)12-27-18-16-4-7-21-25(16)10-15(23-18)14-8-22-24(3)9-14/h4,7-10H,1,5-6,11-12H2,2-3H3,(H,20,26). The molecule has 1 aliphatic rings. The Kier molecular flexibility index (Phi) is 4.18. The van der Waals surface area contributed by atoms with Gasteiger partial charge < -0.3 is 10.1 Å². The number of amides is 1. The predicted molar refractivity (Wildman–Crippen MR) is 100 cm³/mol. The van der Waals surface area contributed by atoms with E-state index in [1.54, 1.807) is 28.5 Å². The molecule has 0 radical (unpaired) electrons. The lowest BCUT2D eigenvalue weighted by Gasteiger charge is -2.17. The van der Waals surface area contributed by atoms with Crippen LogP contribution in [-0.4, -0.2) is 43.4 Å². The molecule has 0 aromatic carbocycles. The summed E-state index contributed by atoms with van der Waals surface area (Å²) in [7, 11) is 1.86. The molecule has 1 N–H and O–H groups in total. The summed E-state index contributed by atoms with van der Waals surface area (Å²) >= 11 is 0. The third kappa shape index (κ3) is 3.55. The maximum absolute atomic E-state index is 11.8. The van der Waals surface area contributed by atoms with Gasteiger partial charge >= 0.3 is 0 Å².